The summed E-state index contributed by atoms with van der Waals surface area (Å²) in [4.78, 5) is 3.17. The first-order chi connectivity index (χ1) is 7.34. The molecule has 78 valence electrons. The fourth-order valence-electron chi connectivity index (χ4n) is 2.33. The molecule has 1 aliphatic rings. The Balaban J connectivity index is 2.11. The molecule has 0 aliphatic carbocycles. The molecule has 0 radical (unpaired) electrons. The summed E-state index contributed by atoms with van der Waals surface area (Å²) >= 11 is 0. The van der Waals surface area contributed by atoms with E-state index in [0.29, 0.717) is 11.8 Å². The topological polar surface area (TPSA) is 48.0 Å². The molecule has 3 rings (SSSR count). The van der Waals surface area contributed by atoms with Gasteiger partial charge >= 0.3 is 0 Å². The molecular weight excluding hydrogens is 188 g/mol. The van der Waals surface area contributed by atoms with E-state index in [0.717, 1.165) is 29.4 Å². The number of rotatable bonds is 1. The molecule has 1 saturated heterocycles. The molecule has 3 nitrogen and oxygen atoms in total. The van der Waals surface area contributed by atoms with Gasteiger partial charge in [-0.2, -0.15) is 0 Å². The lowest BCUT2D eigenvalue weighted by Crippen LogP contribution is -2.12. The summed E-state index contributed by atoms with van der Waals surface area (Å²) in [5.41, 5.74) is 2.11. The average molecular weight is 202 g/mol. The minimum Gasteiger partial charge on any atom is -0.508 e. The van der Waals surface area contributed by atoms with Crippen molar-refractivity contribution >= 4 is 10.9 Å². The second kappa shape index (κ2) is 3.28. The monoisotopic (exact) mass is 202 g/mol. The molecule has 1 atom stereocenters. The van der Waals surface area contributed by atoms with E-state index in [1.165, 1.54) is 6.42 Å². The Kier molecular flexibility index (Phi) is 1.92. The van der Waals surface area contributed by atoms with Crippen LogP contribution >= 0.6 is 0 Å². The van der Waals surface area contributed by atoms with Gasteiger partial charge in [-0.15, -0.1) is 0 Å². The van der Waals surface area contributed by atoms with Crippen LogP contribution < -0.4 is 5.32 Å². The molecule has 2 aromatic rings. The third-order valence-electron chi connectivity index (χ3n) is 3.14. The first kappa shape index (κ1) is 8.80. The van der Waals surface area contributed by atoms with Gasteiger partial charge in [0.1, 0.15) is 5.75 Å². The predicted molar refractivity (Wildman–Crippen MR) is 59.9 cm³/mol. The zero-order chi connectivity index (χ0) is 10.3. The lowest BCUT2D eigenvalue weighted by Gasteiger charge is -2.12. The summed E-state index contributed by atoms with van der Waals surface area (Å²) in [6.45, 7) is 1.05. The van der Waals surface area contributed by atoms with Crippen molar-refractivity contribution in [1.82, 2.24) is 10.3 Å². The number of aromatic nitrogens is 1. The third-order valence-corrected chi connectivity index (χ3v) is 3.14. The SMILES string of the molecule is Oc1cc2cc[nH]c2cc1[C@@H]1CCCN1. The molecule has 1 aliphatic heterocycles. The zero-order valence-corrected chi connectivity index (χ0v) is 8.46. The Labute approximate surface area is 88.1 Å². The van der Waals surface area contributed by atoms with Crippen LogP contribution in [0.15, 0.2) is 24.4 Å². The molecule has 3 N–H and O–H groups in total. The predicted octanol–water partition coefficient (Wildman–Crippen LogP) is 2.30. The van der Waals surface area contributed by atoms with Crippen molar-refractivity contribution in [2.24, 2.45) is 0 Å². The molecule has 1 fully saturated rings. The van der Waals surface area contributed by atoms with E-state index in [1.807, 2.05) is 24.4 Å². The van der Waals surface area contributed by atoms with Gasteiger partial charge in [0.2, 0.25) is 0 Å². The van der Waals surface area contributed by atoms with E-state index in [-0.39, 0.29) is 0 Å². The van der Waals surface area contributed by atoms with E-state index in [9.17, 15) is 5.11 Å². The van der Waals surface area contributed by atoms with Crippen LogP contribution in [0.1, 0.15) is 24.4 Å². The Morgan fingerprint density at radius 2 is 2.27 bits per heavy atom. The van der Waals surface area contributed by atoms with Crippen LogP contribution in [-0.4, -0.2) is 16.6 Å². The largest absolute Gasteiger partial charge is 0.508 e. The number of benzene rings is 1. The molecule has 3 heteroatoms. The van der Waals surface area contributed by atoms with Crippen molar-refractivity contribution in [2.45, 2.75) is 18.9 Å². The highest BCUT2D eigenvalue weighted by Gasteiger charge is 2.19. The van der Waals surface area contributed by atoms with Gasteiger partial charge in [-0.3, -0.25) is 0 Å². The average Bonchev–Trinajstić information content (AvgIpc) is 2.85. The van der Waals surface area contributed by atoms with Gasteiger partial charge < -0.3 is 15.4 Å². The van der Waals surface area contributed by atoms with Gasteiger partial charge in [0.05, 0.1) is 0 Å². The number of hydrogen-bond donors (Lipinski definition) is 3. The van der Waals surface area contributed by atoms with Gasteiger partial charge in [0, 0.05) is 28.7 Å². The fraction of sp³-hybridized carbons (Fsp3) is 0.333. The molecule has 1 aromatic heterocycles. The number of aromatic amines is 1. The zero-order valence-electron chi connectivity index (χ0n) is 8.46. The summed E-state index contributed by atoms with van der Waals surface area (Å²) < 4.78 is 0. The molecule has 0 amide bonds. The van der Waals surface area contributed by atoms with Gasteiger partial charge in [0.15, 0.2) is 0 Å². The van der Waals surface area contributed by atoms with Gasteiger partial charge in [-0.05, 0) is 37.6 Å². The highest BCUT2D eigenvalue weighted by atomic mass is 16.3. The van der Waals surface area contributed by atoms with Gasteiger partial charge in [-0.25, -0.2) is 0 Å². The highest BCUT2D eigenvalue weighted by molar-refractivity contribution is 5.82. The van der Waals surface area contributed by atoms with E-state index in [2.05, 4.69) is 10.3 Å². The van der Waals surface area contributed by atoms with Crippen LogP contribution in [0, 0.1) is 0 Å². The van der Waals surface area contributed by atoms with Crippen molar-refractivity contribution in [3.63, 3.8) is 0 Å². The maximum atomic E-state index is 9.93. The fourth-order valence-corrected chi connectivity index (χ4v) is 2.33. The highest BCUT2D eigenvalue weighted by Crippen LogP contribution is 2.33. The minimum absolute atomic E-state index is 0.317. The van der Waals surface area contributed by atoms with E-state index in [1.54, 1.807) is 0 Å². The molecule has 0 spiro atoms. The van der Waals surface area contributed by atoms with Crippen LogP contribution in [0.4, 0.5) is 0 Å². The lowest BCUT2D eigenvalue weighted by molar-refractivity contribution is 0.458. The van der Waals surface area contributed by atoms with Crippen LogP contribution in [0.25, 0.3) is 10.9 Å². The van der Waals surface area contributed by atoms with Crippen LogP contribution in [0.3, 0.4) is 0 Å². The van der Waals surface area contributed by atoms with E-state index in [4.69, 9.17) is 0 Å². The van der Waals surface area contributed by atoms with Gasteiger partial charge in [0.25, 0.3) is 0 Å². The molecule has 0 saturated carbocycles. The Hall–Kier alpha value is -1.48. The van der Waals surface area contributed by atoms with Crippen molar-refractivity contribution in [1.29, 1.82) is 0 Å². The number of phenolic OH excluding ortho intramolecular Hbond substituents is 1. The van der Waals surface area contributed by atoms with Crippen molar-refractivity contribution in [3.05, 3.63) is 30.0 Å². The normalized spacial score (nSPS) is 21.2. The maximum absolute atomic E-state index is 9.93. The van der Waals surface area contributed by atoms with E-state index >= 15 is 0 Å². The van der Waals surface area contributed by atoms with Crippen LogP contribution in [-0.2, 0) is 0 Å². The van der Waals surface area contributed by atoms with Crippen LogP contribution in [0.5, 0.6) is 5.75 Å². The second-order valence-corrected chi connectivity index (χ2v) is 4.12. The minimum atomic E-state index is 0.317. The molecule has 0 unspecified atom stereocenters. The number of aromatic hydroxyl groups is 1. The molecular formula is C12H14N2O. The molecule has 1 aromatic carbocycles. The number of phenols is 1. The third kappa shape index (κ3) is 1.39. The van der Waals surface area contributed by atoms with Crippen molar-refractivity contribution in [2.75, 3.05) is 6.54 Å². The molecule has 0 bridgehead atoms. The second-order valence-electron chi connectivity index (χ2n) is 4.12. The smallest absolute Gasteiger partial charge is 0.121 e. The Bertz CT molecular complexity index is 483. The first-order valence-corrected chi connectivity index (χ1v) is 5.38. The first-order valence-electron chi connectivity index (χ1n) is 5.38. The summed E-state index contributed by atoms with van der Waals surface area (Å²) in [7, 11) is 0. The number of hydrogen-bond acceptors (Lipinski definition) is 2. The number of H-pyrrole nitrogens is 1. The summed E-state index contributed by atoms with van der Waals surface area (Å²) in [5, 5.41) is 14.4. The Morgan fingerprint density at radius 3 is 3.07 bits per heavy atom. The quantitative estimate of drug-likeness (QED) is 0.664. The molecule has 2 heterocycles. The maximum Gasteiger partial charge on any atom is 0.121 e. The summed E-state index contributed by atoms with van der Waals surface area (Å²) in [5.74, 6) is 0.404. The standard InChI is InChI=1S/C12H14N2O/c15-12-6-8-3-5-14-11(8)7-9(12)10-2-1-4-13-10/h3,5-7,10,13-15H,1-2,4H2/t10-/m0/s1. The number of nitrogens with one attached hydrogen (secondary N) is 2. The van der Waals surface area contributed by atoms with Crippen LogP contribution in [0.2, 0.25) is 0 Å². The van der Waals surface area contributed by atoms with Crippen molar-refractivity contribution in [3.8, 4) is 5.75 Å². The lowest BCUT2D eigenvalue weighted by atomic mass is 10.0. The van der Waals surface area contributed by atoms with Gasteiger partial charge in [-0.1, -0.05) is 0 Å². The number of fused-ring (bicyclic) bond motifs is 1. The Morgan fingerprint density at radius 1 is 1.33 bits per heavy atom. The van der Waals surface area contributed by atoms with E-state index < -0.39 is 0 Å². The summed E-state index contributed by atoms with van der Waals surface area (Å²) in [6.07, 6.45) is 4.20. The molecule has 15 heavy (non-hydrogen) atoms. The summed E-state index contributed by atoms with van der Waals surface area (Å²) in [6, 6.07) is 6.17. The van der Waals surface area contributed by atoms with Crippen molar-refractivity contribution < 1.29 is 5.11 Å².